The molecular weight excluding hydrogens is 298 g/mol. The normalized spacial score (nSPS) is 18.3. The van der Waals surface area contributed by atoms with E-state index in [0.29, 0.717) is 5.92 Å². The van der Waals surface area contributed by atoms with Crippen LogP contribution in [-0.4, -0.2) is 16.7 Å². The van der Waals surface area contributed by atoms with Crippen LogP contribution in [0.5, 0.6) is 0 Å². The van der Waals surface area contributed by atoms with E-state index in [4.69, 9.17) is 11.5 Å². The second-order valence-electron chi connectivity index (χ2n) is 6.49. The van der Waals surface area contributed by atoms with Crippen LogP contribution < -0.4 is 11.5 Å². The fourth-order valence-corrected chi connectivity index (χ4v) is 3.43. The molecule has 5 heteroatoms. The number of aromatic nitrogens is 1. The van der Waals surface area contributed by atoms with E-state index in [-0.39, 0.29) is 5.96 Å². The van der Waals surface area contributed by atoms with Crippen LogP contribution in [0, 0.1) is 20.8 Å². The van der Waals surface area contributed by atoms with E-state index in [2.05, 4.69) is 54.2 Å². The molecular formula is C19H23N5. The molecule has 0 spiro atoms. The molecule has 1 heterocycles. The van der Waals surface area contributed by atoms with Gasteiger partial charge >= 0.3 is 0 Å². The van der Waals surface area contributed by atoms with Gasteiger partial charge in [0, 0.05) is 11.8 Å². The van der Waals surface area contributed by atoms with E-state index >= 15 is 0 Å². The van der Waals surface area contributed by atoms with E-state index in [9.17, 15) is 0 Å². The minimum Gasteiger partial charge on any atom is -0.369 e. The van der Waals surface area contributed by atoms with Gasteiger partial charge in [-0.3, -0.25) is 4.98 Å². The lowest BCUT2D eigenvalue weighted by atomic mass is 9.78. The Labute approximate surface area is 142 Å². The van der Waals surface area contributed by atoms with Gasteiger partial charge in [-0.2, -0.15) is 5.10 Å². The maximum absolute atomic E-state index is 5.46. The third-order valence-corrected chi connectivity index (χ3v) is 4.57. The van der Waals surface area contributed by atoms with E-state index in [1.165, 1.54) is 16.7 Å². The predicted molar refractivity (Wildman–Crippen MR) is 98.3 cm³/mol. The molecule has 3 rings (SSSR count). The van der Waals surface area contributed by atoms with Crippen LogP contribution in [0.2, 0.25) is 0 Å². The van der Waals surface area contributed by atoms with E-state index in [1.807, 2.05) is 12.3 Å². The van der Waals surface area contributed by atoms with Crippen molar-refractivity contribution in [1.29, 1.82) is 0 Å². The van der Waals surface area contributed by atoms with Crippen LogP contribution >= 0.6 is 0 Å². The zero-order valence-corrected chi connectivity index (χ0v) is 14.4. The smallest absolute Gasteiger partial charge is 0.211 e. The number of pyridine rings is 1. The average Bonchev–Trinajstić information content (AvgIpc) is 2.54. The quantitative estimate of drug-likeness (QED) is 0.506. The number of nitrogens with two attached hydrogens (primary N) is 2. The molecule has 0 radical (unpaired) electrons. The first-order valence-electron chi connectivity index (χ1n) is 8.13. The summed E-state index contributed by atoms with van der Waals surface area (Å²) < 4.78 is 0. The average molecular weight is 321 g/mol. The van der Waals surface area contributed by atoms with Gasteiger partial charge in [0.15, 0.2) is 0 Å². The van der Waals surface area contributed by atoms with Crippen molar-refractivity contribution < 1.29 is 0 Å². The molecule has 0 saturated carbocycles. The fourth-order valence-electron chi connectivity index (χ4n) is 3.43. The highest BCUT2D eigenvalue weighted by molar-refractivity contribution is 6.04. The number of rotatable bonds is 2. The van der Waals surface area contributed by atoms with Crippen LogP contribution in [-0.2, 0) is 6.42 Å². The summed E-state index contributed by atoms with van der Waals surface area (Å²) in [6.07, 6.45) is 3.57. The molecule has 0 fully saturated rings. The highest BCUT2D eigenvalue weighted by Crippen LogP contribution is 2.35. The number of hydrogen-bond acceptors (Lipinski definition) is 3. The third-order valence-electron chi connectivity index (χ3n) is 4.57. The molecule has 1 aliphatic carbocycles. The maximum atomic E-state index is 5.46. The first-order valence-corrected chi connectivity index (χ1v) is 8.13. The molecule has 1 aliphatic rings. The Hall–Kier alpha value is -2.69. The van der Waals surface area contributed by atoms with Gasteiger partial charge in [-0.1, -0.05) is 23.8 Å². The number of aryl methyl sites for hydroxylation is 3. The molecule has 1 aromatic carbocycles. The maximum Gasteiger partial charge on any atom is 0.211 e. The molecule has 124 valence electrons. The largest absolute Gasteiger partial charge is 0.369 e. The van der Waals surface area contributed by atoms with Gasteiger partial charge in [0.1, 0.15) is 0 Å². The summed E-state index contributed by atoms with van der Waals surface area (Å²) in [7, 11) is 0. The molecule has 24 heavy (non-hydrogen) atoms. The Morgan fingerprint density at radius 2 is 1.88 bits per heavy atom. The zero-order valence-electron chi connectivity index (χ0n) is 14.4. The lowest BCUT2D eigenvalue weighted by Crippen LogP contribution is -2.24. The van der Waals surface area contributed by atoms with Crippen molar-refractivity contribution in [2.75, 3.05) is 0 Å². The van der Waals surface area contributed by atoms with E-state index in [1.54, 1.807) is 0 Å². The SMILES string of the molecule is Cc1ccc(C)c(C2C/C(=N/N=C(N)N)c3c(C)ccnc3C2)c1. The van der Waals surface area contributed by atoms with Crippen LogP contribution in [0.15, 0.2) is 40.7 Å². The Kier molecular flexibility index (Phi) is 4.34. The summed E-state index contributed by atoms with van der Waals surface area (Å²) in [4.78, 5) is 4.59. The van der Waals surface area contributed by atoms with Gasteiger partial charge in [0.2, 0.25) is 5.96 Å². The highest BCUT2D eigenvalue weighted by Gasteiger charge is 2.28. The van der Waals surface area contributed by atoms with Gasteiger partial charge < -0.3 is 11.5 Å². The van der Waals surface area contributed by atoms with Crippen LogP contribution in [0.1, 0.15) is 45.8 Å². The predicted octanol–water partition coefficient (Wildman–Crippen LogP) is 2.71. The van der Waals surface area contributed by atoms with E-state index in [0.717, 1.165) is 35.4 Å². The van der Waals surface area contributed by atoms with Crippen molar-refractivity contribution >= 4 is 11.7 Å². The fraction of sp³-hybridized carbons (Fsp3) is 0.316. The lowest BCUT2D eigenvalue weighted by molar-refractivity contribution is 0.672. The summed E-state index contributed by atoms with van der Waals surface area (Å²) in [5.41, 5.74) is 19.0. The monoisotopic (exact) mass is 321 g/mol. The van der Waals surface area contributed by atoms with Crippen molar-refractivity contribution in [2.24, 2.45) is 21.7 Å². The minimum absolute atomic E-state index is 0.0283. The second kappa shape index (κ2) is 6.43. The summed E-state index contributed by atoms with van der Waals surface area (Å²) in [5.74, 6) is 0.305. The number of nitrogens with zero attached hydrogens (tertiary/aromatic N) is 3. The van der Waals surface area contributed by atoms with Crippen LogP contribution in [0.25, 0.3) is 0 Å². The molecule has 0 amide bonds. The van der Waals surface area contributed by atoms with Gasteiger partial charge in [0.25, 0.3) is 0 Å². The molecule has 0 saturated heterocycles. The van der Waals surface area contributed by atoms with Gasteiger partial charge in [-0.05, 0) is 62.3 Å². The number of fused-ring (bicyclic) bond motifs is 1. The first-order chi connectivity index (χ1) is 11.5. The lowest BCUT2D eigenvalue weighted by Gasteiger charge is -2.27. The van der Waals surface area contributed by atoms with Crippen molar-refractivity contribution in [3.05, 3.63) is 64.0 Å². The molecule has 0 aliphatic heterocycles. The Balaban J connectivity index is 2.10. The summed E-state index contributed by atoms with van der Waals surface area (Å²) in [6.45, 7) is 6.35. The summed E-state index contributed by atoms with van der Waals surface area (Å²) in [5, 5.41) is 8.22. The van der Waals surface area contributed by atoms with E-state index < -0.39 is 0 Å². The van der Waals surface area contributed by atoms with Crippen molar-refractivity contribution in [2.45, 2.75) is 39.5 Å². The minimum atomic E-state index is -0.0283. The number of benzene rings is 1. The molecule has 4 N–H and O–H groups in total. The van der Waals surface area contributed by atoms with Gasteiger partial charge in [-0.25, -0.2) is 0 Å². The van der Waals surface area contributed by atoms with Crippen molar-refractivity contribution in [3.8, 4) is 0 Å². The standard InChI is InChI=1S/C19H23N5/c1-11-4-5-12(2)15(8-11)14-9-16-18(13(3)6-7-22-16)17(10-14)23-24-19(20)21/h4-8,14H,9-10H2,1-3H3,(H4,20,21,24)/b23-17-. The van der Waals surface area contributed by atoms with Crippen molar-refractivity contribution in [1.82, 2.24) is 4.98 Å². The Morgan fingerprint density at radius 3 is 2.62 bits per heavy atom. The molecule has 2 aromatic rings. The molecule has 1 atom stereocenters. The third kappa shape index (κ3) is 3.15. The first kappa shape index (κ1) is 16.2. The molecule has 5 nitrogen and oxygen atoms in total. The highest BCUT2D eigenvalue weighted by atomic mass is 15.3. The number of guanidine groups is 1. The topological polar surface area (TPSA) is 89.6 Å². The molecule has 1 aromatic heterocycles. The summed E-state index contributed by atoms with van der Waals surface area (Å²) >= 11 is 0. The van der Waals surface area contributed by atoms with Crippen LogP contribution in [0.4, 0.5) is 0 Å². The van der Waals surface area contributed by atoms with Gasteiger partial charge in [0.05, 0.1) is 11.4 Å². The molecule has 1 unspecified atom stereocenters. The van der Waals surface area contributed by atoms with Gasteiger partial charge in [-0.15, -0.1) is 5.10 Å². The second-order valence-corrected chi connectivity index (χ2v) is 6.49. The summed E-state index contributed by atoms with van der Waals surface area (Å²) in [6, 6.07) is 8.59. The Bertz CT molecular complexity index is 832. The van der Waals surface area contributed by atoms with Crippen LogP contribution in [0.3, 0.4) is 0 Å². The van der Waals surface area contributed by atoms with Crippen molar-refractivity contribution in [3.63, 3.8) is 0 Å². The Morgan fingerprint density at radius 1 is 1.08 bits per heavy atom. The number of hydrogen-bond donors (Lipinski definition) is 2. The zero-order chi connectivity index (χ0) is 17.3. The molecule has 0 bridgehead atoms.